The van der Waals surface area contributed by atoms with E-state index in [-0.39, 0.29) is 18.7 Å². The maximum Gasteiger partial charge on any atom is 0.408 e. The van der Waals surface area contributed by atoms with Gasteiger partial charge in [-0.2, -0.15) is 13.2 Å². The number of para-hydroxylation sites is 1. The van der Waals surface area contributed by atoms with E-state index in [9.17, 15) is 23.3 Å². The molecule has 0 bridgehead atoms. The largest absolute Gasteiger partial charge is 0.408 e. The molecule has 0 aliphatic carbocycles. The number of hydrogen-bond acceptors (Lipinski definition) is 4. The molecule has 5 nitrogen and oxygen atoms in total. The van der Waals surface area contributed by atoms with Gasteiger partial charge in [-0.3, -0.25) is 15.0 Å². The molecule has 1 aliphatic rings. The number of halogens is 3. The quantitative estimate of drug-likeness (QED) is 0.684. The lowest BCUT2D eigenvalue weighted by molar-refractivity contribution is -0.386. The molecule has 0 aromatic heterocycles. The monoisotopic (exact) mass is 289 g/mol. The Morgan fingerprint density at radius 2 is 1.85 bits per heavy atom. The lowest BCUT2D eigenvalue weighted by Gasteiger charge is -2.35. The average molecular weight is 289 g/mol. The minimum absolute atomic E-state index is 0.205. The van der Waals surface area contributed by atoms with Gasteiger partial charge in [-0.15, -0.1) is 0 Å². The van der Waals surface area contributed by atoms with Crippen molar-refractivity contribution in [2.75, 3.05) is 26.2 Å². The van der Waals surface area contributed by atoms with Crippen LogP contribution in [0.2, 0.25) is 0 Å². The molecule has 1 aliphatic heterocycles. The second-order valence-corrected chi connectivity index (χ2v) is 4.55. The van der Waals surface area contributed by atoms with Crippen molar-refractivity contribution in [3.63, 3.8) is 0 Å². The number of rotatable bonds is 3. The van der Waals surface area contributed by atoms with Crippen LogP contribution in [0.5, 0.6) is 0 Å². The van der Waals surface area contributed by atoms with Crippen LogP contribution in [0.1, 0.15) is 11.6 Å². The molecule has 1 saturated heterocycles. The maximum absolute atomic E-state index is 13.3. The predicted octanol–water partition coefficient (Wildman–Crippen LogP) is 2.10. The van der Waals surface area contributed by atoms with Crippen molar-refractivity contribution < 1.29 is 18.1 Å². The molecule has 0 unspecified atom stereocenters. The number of alkyl halides is 3. The number of piperazine rings is 1. The molecule has 0 spiro atoms. The van der Waals surface area contributed by atoms with E-state index in [4.69, 9.17) is 0 Å². The third-order valence-electron chi connectivity index (χ3n) is 3.25. The van der Waals surface area contributed by atoms with E-state index in [1.54, 1.807) is 0 Å². The summed E-state index contributed by atoms with van der Waals surface area (Å²) in [6.07, 6.45) is -4.55. The molecule has 8 heteroatoms. The molecular weight excluding hydrogens is 275 g/mol. The summed E-state index contributed by atoms with van der Waals surface area (Å²) in [5.74, 6) is 0. The fraction of sp³-hybridized carbons (Fsp3) is 0.500. The number of nitro groups is 1. The number of nitro benzene ring substituents is 1. The van der Waals surface area contributed by atoms with E-state index in [0.717, 1.165) is 6.07 Å². The number of hydrogen-bond donors (Lipinski definition) is 1. The van der Waals surface area contributed by atoms with E-state index in [1.807, 2.05) is 0 Å². The van der Waals surface area contributed by atoms with Gasteiger partial charge in [0.05, 0.1) is 10.5 Å². The van der Waals surface area contributed by atoms with Crippen LogP contribution in [0.15, 0.2) is 24.3 Å². The molecular formula is C12H14F3N3O2. The highest BCUT2D eigenvalue weighted by Crippen LogP contribution is 2.41. The molecule has 110 valence electrons. The molecule has 1 fully saturated rings. The van der Waals surface area contributed by atoms with Crippen molar-refractivity contribution in [1.82, 2.24) is 10.2 Å². The van der Waals surface area contributed by atoms with Gasteiger partial charge >= 0.3 is 6.18 Å². The molecule has 20 heavy (non-hydrogen) atoms. The fourth-order valence-corrected chi connectivity index (χ4v) is 2.41. The third kappa shape index (κ3) is 3.07. The second kappa shape index (κ2) is 5.76. The molecule has 1 N–H and O–H groups in total. The summed E-state index contributed by atoms with van der Waals surface area (Å²) in [5, 5.41) is 13.9. The summed E-state index contributed by atoms with van der Waals surface area (Å²) in [6, 6.07) is 3.11. The lowest BCUT2D eigenvalue weighted by atomic mass is 10.0. The van der Waals surface area contributed by atoms with E-state index >= 15 is 0 Å². The summed E-state index contributed by atoms with van der Waals surface area (Å²) in [7, 11) is 0. The van der Waals surface area contributed by atoms with Gasteiger partial charge in [0.1, 0.15) is 6.04 Å². The minimum atomic E-state index is -4.55. The zero-order valence-electron chi connectivity index (χ0n) is 10.6. The Balaban J connectivity index is 2.44. The highest BCUT2D eigenvalue weighted by atomic mass is 19.4. The molecule has 1 aromatic rings. The first kappa shape index (κ1) is 14.7. The molecule has 0 amide bonds. The van der Waals surface area contributed by atoms with Gasteiger partial charge in [-0.1, -0.05) is 18.2 Å². The van der Waals surface area contributed by atoms with Gasteiger partial charge in [0, 0.05) is 32.2 Å². The third-order valence-corrected chi connectivity index (χ3v) is 3.25. The molecule has 2 rings (SSSR count). The van der Waals surface area contributed by atoms with Gasteiger partial charge in [-0.05, 0) is 0 Å². The van der Waals surface area contributed by atoms with Crippen molar-refractivity contribution >= 4 is 5.69 Å². The molecule has 1 atom stereocenters. The zero-order chi connectivity index (χ0) is 14.8. The highest BCUT2D eigenvalue weighted by Gasteiger charge is 2.47. The van der Waals surface area contributed by atoms with Crippen molar-refractivity contribution in [2.24, 2.45) is 0 Å². The Kier molecular flexibility index (Phi) is 4.24. The minimum Gasteiger partial charge on any atom is -0.314 e. The van der Waals surface area contributed by atoms with Gasteiger partial charge in [0.15, 0.2) is 0 Å². The Labute approximate surface area is 113 Å². The van der Waals surface area contributed by atoms with Crippen molar-refractivity contribution in [1.29, 1.82) is 0 Å². The zero-order valence-corrected chi connectivity index (χ0v) is 10.6. The highest BCUT2D eigenvalue weighted by molar-refractivity contribution is 5.42. The number of nitrogens with one attached hydrogen (secondary N) is 1. The molecule has 0 saturated carbocycles. The van der Waals surface area contributed by atoms with E-state index < -0.39 is 22.8 Å². The summed E-state index contributed by atoms with van der Waals surface area (Å²) in [5.41, 5.74) is -0.791. The predicted molar refractivity (Wildman–Crippen MR) is 66.3 cm³/mol. The standard InChI is InChI=1S/C12H14F3N3O2/c13-12(14,15)11(17-7-5-16-6-8-17)9-3-1-2-4-10(9)18(19)20/h1-4,11,16H,5-8H2/t11-/m0/s1. The molecule has 0 radical (unpaired) electrons. The van der Waals surface area contributed by atoms with E-state index in [0.29, 0.717) is 13.1 Å². The SMILES string of the molecule is O=[N+]([O-])c1ccccc1[C@H](N1CCNCC1)C(F)(F)F. The Morgan fingerprint density at radius 3 is 2.40 bits per heavy atom. The first-order valence-corrected chi connectivity index (χ1v) is 6.16. The van der Waals surface area contributed by atoms with Crippen molar-refractivity contribution in [3.05, 3.63) is 39.9 Å². The van der Waals surface area contributed by atoms with Crippen molar-refractivity contribution in [2.45, 2.75) is 12.2 Å². The van der Waals surface area contributed by atoms with Crippen LogP contribution < -0.4 is 5.32 Å². The second-order valence-electron chi connectivity index (χ2n) is 4.55. The van der Waals surface area contributed by atoms with Gasteiger partial charge in [-0.25, -0.2) is 0 Å². The summed E-state index contributed by atoms with van der Waals surface area (Å²) in [4.78, 5) is 11.4. The van der Waals surface area contributed by atoms with E-state index in [2.05, 4.69) is 5.32 Å². The van der Waals surface area contributed by atoms with Crippen LogP contribution in [0, 0.1) is 10.1 Å². The van der Waals surface area contributed by atoms with Crippen LogP contribution in [-0.2, 0) is 0 Å². The number of nitrogens with zero attached hydrogens (tertiary/aromatic N) is 2. The fourth-order valence-electron chi connectivity index (χ4n) is 2.41. The normalized spacial score (nSPS) is 18.8. The van der Waals surface area contributed by atoms with Crippen LogP contribution in [0.25, 0.3) is 0 Å². The molecule has 1 aromatic carbocycles. The average Bonchev–Trinajstić information content (AvgIpc) is 2.39. The van der Waals surface area contributed by atoms with Gasteiger partial charge in [0.25, 0.3) is 5.69 Å². The smallest absolute Gasteiger partial charge is 0.314 e. The van der Waals surface area contributed by atoms with E-state index in [1.165, 1.54) is 23.1 Å². The Hall–Kier alpha value is -1.67. The maximum atomic E-state index is 13.3. The van der Waals surface area contributed by atoms with Crippen LogP contribution in [0.3, 0.4) is 0 Å². The van der Waals surface area contributed by atoms with Crippen LogP contribution >= 0.6 is 0 Å². The van der Waals surface area contributed by atoms with Crippen LogP contribution in [-0.4, -0.2) is 42.2 Å². The van der Waals surface area contributed by atoms with Crippen molar-refractivity contribution in [3.8, 4) is 0 Å². The van der Waals surface area contributed by atoms with Crippen LogP contribution in [0.4, 0.5) is 18.9 Å². The first-order chi connectivity index (χ1) is 9.41. The van der Waals surface area contributed by atoms with Gasteiger partial charge < -0.3 is 5.32 Å². The summed E-state index contributed by atoms with van der Waals surface area (Å²) >= 11 is 0. The Morgan fingerprint density at radius 1 is 1.25 bits per heavy atom. The summed E-state index contributed by atoms with van der Waals surface area (Å²) < 4.78 is 40.0. The number of benzene rings is 1. The summed E-state index contributed by atoms with van der Waals surface area (Å²) in [6.45, 7) is 1.28. The van der Waals surface area contributed by atoms with Gasteiger partial charge in [0.2, 0.25) is 0 Å². The first-order valence-electron chi connectivity index (χ1n) is 6.16. The Bertz CT molecular complexity index is 487. The lowest BCUT2D eigenvalue weighted by Crippen LogP contribution is -2.49. The topological polar surface area (TPSA) is 58.4 Å². The molecule has 1 heterocycles.